The summed E-state index contributed by atoms with van der Waals surface area (Å²) >= 11 is 0. The van der Waals surface area contributed by atoms with Gasteiger partial charge < -0.3 is 15.2 Å². The molecule has 2 aromatic carbocycles. The van der Waals surface area contributed by atoms with E-state index in [9.17, 15) is 5.11 Å². The van der Waals surface area contributed by atoms with Crippen molar-refractivity contribution in [1.82, 2.24) is 5.32 Å². The second kappa shape index (κ2) is 6.70. The summed E-state index contributed by atoms with van der Waals surface area (Å²) in [4.78, 5) is 0. The van der Waals surface area contributed by atoms with Crippen LogP contribution in [0.25, 0.3) is 5.57 Å². The van der Waals surface area contributed by atoms with E-state index < -0.39 is 0 Å². The second-order valence-electron chi connectivity index (χ2n) is 6.70. The fourth-order valence-corrected chi connectivity index (χ4v) is 3.35. The molecule has 2 N–H and O–H groups in total. The molecule has 1 heterocycles. The van der Waals surface area contributed by atoms with Crippen LogP contribution in [0.15, 0.2) is 54.1 Å². The molecular weight excluding hydrogens is 298 g/mol. The normalized spacial score (nSPS) is 17.2. The van der Waals surface area contributed by atoms with E-state index in [0.717, 1.165) is 42.3 Å². The minimum Gasteiger partial charge on any atom is -0.508 e. The Kier molecular flexibility index (Phi) is 4.26. The molecule has 124 valence electrons. The van der Waals surface area contributed by atoms with Crippen LogP contribution in [0.5, 0.6) is 11.5 Å². The van der Waals surface area contributed by atoms with Gasteiger partial charge in [-0.3, -0.25) is 0 Å². The summed E-state index contributed by atoms with van der Waals surface area (Å²) in [6.07, 6.45) is 3.62. The van der Waals surface area contributed by atoms with Crippen LogP contribution in [0.2, 0.25) is 0 Å². The molecule has 0 unspecified atom stereocenters. The first kappa shape index (κ1) is 15.3. The summed E-state index contributed by atoms with van der Waals surface area (Å²) in [6, 6.07) is 15.7. The number of aromatic hydroxyl groups is 1. The Labute approximate surface area is 143 Å². The Balaban J connectivity index is 1.75. The lowest BCUT2D eigenvalue weighted by Gasteiger charge is -2.15. The monoisotopic (exact) mass is 321 g/mol. The van der Waals surface area contributed by atoms with E-state index in [1.165, 1.54) is 24.0 Å². The highest BCUT2D eigenvalue weighted by atomic mass is 16.5. The highest BCUT2D eigenvalue weighted by Crippen LogP contribution is 2.37. The van der Waals surface area contributed by atoms with Gasteiger partial charge in [0.1, 0.15) is 11.5 Å². The van der Waals surface area contributed by atoms with E-state index in [4.69, 9.17) is 4.74 Å². The zero-order valence-electron chi connectivity index (χ0n) is 13.8. The summed E-state index contributed by atoms with van der Waals surface area (Å²) in [5, 5.41) is 13.5. The molecule has 0 saturated heterocycles. The standard InChI is InChI=1S/C21H23NO2/c23-18-5-3-4-16(12-18)21-17(14-22-13-15-8-9-15)10-11-24-20-7-2-1-6-19(20)21/h1-7,12,15,22-23H,8-11,13-14H2. The third kappa shape index (κ3) is 3.31. The van der Waals surface area contributed by atoms with Gasteiger partial charge in [0.2, 0.25) is 0 Å². The quantitative estimate of drug-likeness (QED) is 0.875. The summed E-state index contributed by atoms with van der Waals surface area (Å²) in [5.74, 6) is 2.09. The maximum Gasteiger partial charge on any atom is 0.127 e. The van der Waals surface area contributed by atoms with E-state index in [1.54, 1.807) is 6.07 Å². The summed E-state index contributed by atoms with van der Waals surface area (Å²) in [6.45, 7) is 2.66. The highest BCUT2D eigenvalue weighted by molar-refractivity contribution is 5.85. The van der Waals surface area contributed by atoms with Gasteiger partial charge in [0.05, 0.1) is 6.61 Å². The van der Waals surface area contributed by atoms with Gasteiger partial charge >= 0.3 is 0 Å². The molecule has 24 heavy (non-hydrogen) atoms. The molecule has 0 radical (unpaired) electrons. The van der Waals surface area contributed by atoms with Crippen LogP contribution in [0, 0.1) is 5.92 Å². The first-order chi connectivity index (χ1) is 11.8. The molecule has 1 aliphatic heterocycles. The van der Waals surface area contributed by atoms with Gasteiger partial charge in [-0.15, -0.1) is 0 Å². The minimum absolute atomic E-state index is 0.299. The Morgan fingerprint density at radius 1 is 1.08 bits per heavy atom. The Bertz CT molecular complexity index is 762. The fourth-order valence-electron chi connectivity index (χ4n) is 3.35. The molecule has 0 aromatic heterocycles. The lowest BCUT2D eigenvalue weighted by Crippen LogP contribution is -2.21. The highest BCUT2D eigenvalue weighted by Gasteiger charge is 2.22. The van der Waals surface area contributed by atoms with Crippen molar-refractivity contribution in [2.75, 3.05) is 19.7 Å². The Hall–Kier alpha value is -2.26. The van der Waals surface area contributed by atoms with Gasteiger partial charge in [-0.1, -0.05) is 30.3 Å². The molecule has 3 nitrogen and oxygen atoms in total. The SMILES string of the molecule is Oc1cccc(C2=C(CNCC3CC3)CCOc3ccccc32)c1. The molecule has 0 atom stereocenters. The number of phenolic OH excluding ortho intramolecular Hbond substituents is 1. The van der Waals surface area contributed by atoms with E-state index in [1.807, 2.05) is 30.3 Å². The average molecular weight is 321 g/mol. The van der Waals surface area contributed by atoms with Crippen LogP contribution < -0.4 is 10.1 Å². The molecule has 2 aromatic rings. The average Bonchev–Trinajstić information content (AvgIpc) is 3.41. The van der Waals surface area contributed by atoms with Crippen LogP contribution in [-0.2, 0) is 0 Å². The number of fused-ring (bicyclic) bond motifs is 1. The number of hydrogen-bond acceptors (Lipinski definition) is 3. The van der Waals surface area contributed by atoms with Gasteiger partial charge in [-0.2, -0.15) is 0 Å². The van der Waals surface area contributed by atoms with Crippen LogP contribution in [0.3, 0.4) is 0 Å². The van der Waals surface area contributed by atoms with Crippen molar-refractivity contribution >= 4 is 5.57 Å². The topological polar surface area (TPSA) is 41.5 Å². The van der Waals surface area contributed by atoms with E-state index in [-0.39, 0.29) is 0 Å². The summed E-state index contributed by atoms with van der Waals surface area (Å²) < 4.78 is 5.97. The van der Waals surface area contributed by atoms with Gasteiger partial charge in [-0.05, 0) is 60.2 Å². The summed E-state index contributed by atoms with van der Waals surface area (Å²) in [5.41, 5.74) is 4.72. The smallest absolute Gasteiger partial charge is 0.127 e. The fraction of sp³-hybridized carbons (Fsp3) is 0.333. The molecule has 1 saturated carbocycles. The van der Waals surface area contributed by atoms with E-state index >= 15 is 0 Å². The van der Waals surface area contributed by atoms with Crippen molar-refractivity contribution in [1.29, 1.82) is 0 Å². The predicted octanol–water partition coefficient (Wildman–Crippen LogP) is 3.98. The number of phenols is 1. The molecule has 1 fully saturated rings. The first-order valence-electron chi connectivity index (χ1n) is 8.75. The molecule has 3 heteroatoms. The molecule has 0 spiro atoms. The van der Waals surface area contributed by atoms with Gasteiger partial charge in [0.25, 0.3) is 0 Å². The maximum atomic E-state index is 9.94. The zero-order valence-corrected chi connectivity index (χ0v) is 13.8. The molecule has 2 aliphatic rings. The minimum atomic E-state index is 0.299. The first-order valence-corrected chi connectivity index (χ1v) is 8.75. The Morgan fingerprint density at radius 2 is 1.96 bits per heavy atom. The van der Waals surface area contributed by atoms with Crippen molar-refractivity contribution < 1.29 is 9.84 Å². The third-order valence-corrected chi connectivity index (χ3v) is 4.77. The van der Waals surface area contributed by atoms with Crippen molar-refractivity contribution in [2.24, 2.45) is 5.92 Å². The molecule has 1 aliphatic carbocycles. The maximum absolute atomic E-state index is 9.94. The number of benzene rings is 2. The predicted molar refractivity (Wildman–Crippen MR) is 96.3 cm³/mol. The van der Waals surface area contributed by atoms with Crippen molar-refractivity contribution in [3.8, 4) is 11.5 Å². The van der Waals surface area contributed by atoms with E-state index in [2.05, 4.69) is 17.4 Å². The summed E-state index contributed by atoms with van der Waals surface area (Å²) in [7, 11) is 0. The van der Waals surface area contributed by atoms with Crippen LogP contribution in [0.4, 0.5) is 0 Å². The van der Waals surface area contributed by atoms with Crippen molar-refractivity contribution in [3.63, 3.8) is 0 Å². The Morgan fingerprint density at radius 3 is 2.79 bits per heavy atom. The number of para-hydroxylation sites is 1. The largest absolute Gasteiger partial charge is 0.508 e. The van der Waals surface area contributed by atoms with Gasteiger partial charge in [-0.25, -0.2) is 0 Å². The zero-order chi connectivity index (χ0) is 16.4. The van der Waals surface area contributed by atoms with Gasteiger partial charge in [0, 0.05) is 18.5 Å². The molecular formula is C21H23NO2. The molecule has 4 rings (SSSR count). The number of nitrogens with one attached hydrogen (secondary N) is 1. The number of hydrogen-bond donors (Lipinski definition) is 2. The number of ether oxygens (including phenoxy) is 1. The molecule has 0 amide bonds. The van der Waals surface area contributed by atoms with E-state index in [0.29, 0.717) is 12.4 Å². The van der Waals surface area contributed by atoms with Crippen LogP contribution in [-0.4, -0.2) is 24.8 Å². The van der Waals surface area contributed by atoms with Gasteiger partial charge in [0.15, 0.2) is 0 Å². The van der Waals surface area contributed by atoms with Crippen LogP contribution in [0.1, 0.15) is 30.4 Å². The van der Waals surface area contributed by atoms with Crippen molar-refractivity contribution in [2.45, 2.75) is 19.3 Å². The number of rotatable bonds is 5. The second-order valence-corrected chi connectivity index (χ2v) is 6.70. The van der Waals surface area contributed by atoms with Crippen LogP contribution >= 0.6 is 0 Å². The van der Waals surface area contributed by atoms with Crippen molar-refractivity contribution in [3.05, 3.63) is 65.2 Å². The lowest BCUT2D eigenvalue weighted by molar-refractivity contribution is 0.322. The third-order valence-electron chi connectivity index (χ3n) is 4.77. The lowest BCUT2D eigenvalue weighted by atomic mass is 9.91. The molecule has 0 bridgehead atoms.